The van der Waals surface area contributed by atoms with E-state index in [0.29, 0.717) is 17.5 Å². The van der Waals surface area contributed by atoms with Crippen molar-refractivity contribution in [3.8, 4) is 0 Å². The van der Waals surface area contributed by atoms with Crippen LogP contribution in [0.3, 0.4) is 0 Å². The molecule has 0 aliphatic carbocycles. The zero-order chi connectivity index (χ0) is 17.0. The monoisotopic (exact) mass is 314 g/mol. The smallest absolute Gasteiger partial charge is 0.308 e. The number of para-hydroxylation sites is 1. The maximum atomic E-state index is 12.4. The highest BCUT2D eigenvalue weighted by molar-refractivity contribution is 6.05. The van der Waals surface area contributed by atoms with Crippen LogP contribution in [0.15, 0.2) is 30.3 Å². The molecule has 23 heavy (non-hydrogen) atoms. The fourth-order valence-electron chi connectivity index (χ4n) is 2.58. The zero-order valence-corrected chi connectivity index (χ0v) is 13.7. The number of carboxylic acids is 1. The number of aryl methyl sites for hydroxylation is 1. The number of rotatable bonds is 6. The van der Waals surface area contributed by atoms with Crippen molar-refractivity contribution in [3.63, 3.8) is 0 Å². The fourth-order valence-corrected chi connectivity index (χ4v) is 2.58. The molecular weight excluding hydrogens is 292 g/mol. The number of pyridine rings is 1. The minimum atomic E-state index is -0.883. The van der Waals surface area contributed by atoms with Gasteiger partial charge in [0.05, 0.1) is 17.0 Å². The summed E-state index contributed by atoms with van der Waals surface area (Å²) in [6, 6.07) is 9.23. The summed E-state index contributed by atoms with van der Waals surface area (Å²) >= 11 is 0. The molecule has 1 atom stereocenters. The van der Waals surface area contributed by atoms with Gasteiger partial charge in [-0.1, -0.05) is 32.0 Å². The number of aromatic nitrogens is 1. The van der Waals surface area contributed by atoms with Gasteiger partial charge in [0.1, 0.15) is 0 Å². The minimum Gasteiger partial charge on any atom is -0.481 e. The molecule has 1 unspecified atom stereocenters. The maximum Gasteiger partial charge on any atom is 0.308 e. The Morgan fingerprint density at radius 2 is 1.96 bits per heavy atom. The van der Waals surface area contributed by atoms with Gasteiger partial charge in [-0.2, -0.15) is 0 Å². The van der Waals surface area contributed by atoms with Gasteiger partial charge in [0, 0.05) is 17.6 Å². The molecule has 0 aliphatic heterocycles. The number of nitrogens with one attached hydrogen (secondary N) is 1. The molecule has 0 saturated carbocycles. The van der Waals surface area contributed by atoms with Crippen molar-refractivity contribution in [2.45, 2.75) is 27.2 Å². The molecule has 1 amide bonds. The summed E-state index contributed by atoms with van der Waals surface area (Å²) in [7, 11) is 0. The number of fused-ring (bicyclic) bond motifs is 1. The molecule has 2 aromatic rings. The van der Waals surface area contributed by atoms with Gasteiger partial charge in [-0.25, -0.2) is 0 Å². The third-order valence-electron chi connectivity index (χ3n) is 3.72. The third kappa shape index (κ3) is 4.28. The number of carbonyl (C=O) groups excluding carboxylic acids is 1. The quantitative estimate of drug-likeness (QED) is 0.859. The third-order valence-corrected chi connectivity index (χ3v) is 3.72. The molecule has 0 bridgehead atoms. The van der Waals surface area contributed by atoms with E-state index in [4.69, 9.17) is 0 Å². The number of amides is 1. The van der Waals surface area contributed by atoms with E-state index < -0.39 is 11.9 Å². The first-order valence-electron chi connectivity index (χ1n) is 7.76. The molecular formula is C18H22N2O3. The topological polar surface area (TPSA) is 79.3 Å². The van der Waals surface area contributed by atoms with Gasteiger partial charge in [-0.05, 0) is 31.4 Å². The first kappa shape index (κ1) is 16.9. The Labute approximate surface area is 135 Å². The Bertz CT molecular complexity index is 725. The molecule has 5 nitrogen and oxygen atoms in total. The van der Waals surface area contributed by atoms with Crippen LogP contribution in [0.1, 0.15) is 36.3 Å². The Morgan fingerprint density at radius 1 is 1.22 bits per heavy atom. The van der Waals surface area contributed by atoms with Crippen LogP contribution in [0.25, 0.3) is 10.9 Å². The summed E-state index contributed by atoms with van der Waals surface area (Å²) in [6.07, 6.45) is 0.530. The molecule has 0 saturated heterocycles. The average Bonchev–Trinajstić information content (AvgIpc) is 2.49. The van der Waals surface area contributed by atoms with Crippen molar-refractivity contribution in [1.29, 1.82) is 0 Å². The number of carbonyl (C=O) groups is 2. The van der Waals surface area contributed by atoms with E-state index in [1.165, 1.54) is 0 Å². The molecule has 1 aromatic heterocycles. The Kier molecular flexibility index (Phi) is 5.32. The first-order valence-corrected chi connectivity index (χ1v) is 7.76. The number of hydrogen-bond acceptors (Lipinski definition) is 3. The predicted molar refractivity (Wildman–Crippen MR) is 89.4 cm³/mol. The van der Waals surface area contributed by atoms with Crippen molar-refractivity contribution in [2.75, 3.05) is 6.54 Å². The summed E-state index contributed by atoms with van der Waals surface area (Å²) in [5, 5.41) is 12.9. The van der Waals surface area contributed by atoms with Crippen LogP contribution in [0.2, 0.25) is 0 Å². The minimum absolute atomic E-state index is 0.120. The van der Waals surface area contributed by atoms with E-state index in [2.05, 4.69) is 10.3 Å². The average molecular weight is 314 g/mol. The number of aliphatic carboxylic acids is 1. The van der Waals surface area contributed by atoms with Crippen LogP contribution in [-0.2, 0) is 4.79 Å². The van der Waals surface area contributed by atoms with E-state index in [1.54, 1.807) is 12.1 Å². The van der Waals surface area contributed by atoms with Crippen LogP contribution in [0.4, 0.5) is 0 Å². The highest BCUT2D eigenvalue weighted by Gasteiger charge is 2.20. The lowest BCUT2D eigenvalue weighted by atomic mass is 9.97. The summed E-state index contributed by atoms with van der Waals surface area (Å²) in [5.41, 5.74) is 1.95. The molecule has 5 heteroatoms. The largest absolute Gasteiger partial charge is 0.481 e. The lowest BCUT2D eigenvalue weighted by Crippen LogP contribution is -2.33. The molecule has 2 N–H and O–H groups in total. The normalized spacial score (nSPS) is 12.3. The maximum absolute atomic E-state index is 12.4. The Hall–Kier alpha value is -2.43. The molecule has 1 heterocycles. The van der Waals surface area contributed by atoms with E-state index in [-0.39, 0.29) is 18.4 Å². The predicted octanol–water partition coefficient (Wildman–Crippen LogP) is 3.02. The van der Waals surface area contributed by atoms with Gasteiger partial charge < -0.3 is 10.4 Å². The molecule has 0 radical (unpaired) electrons. The van der Waals surface area contributed by atoms with E-state index in [9.17, 15) is 14.7 Å². The van der Waals surface area contributed by atoms with Crippen LogP contribution in [-0.4, -0.2) is 28.5 Å². The van der Waals surface area contributed by atoms with Gasteiger partial charge in [0.25, 0.3) is 5.91 Å². The molecule has 122 valence electrons. The Morgan fingerprint density at radius 3 is 2.61 bits per heavy atom. The summed E-state index contributed by atoms with van der Waals surface area (Å²) < 4.78 is 0. The van der Waals surface area contributed by atoms with Crippen molar-refractivity contribution in [1.82, 2.24) is 10.3 Å². The van der Waals surface area contributed by atoms with E-state index >= 15 is 0 Å². The highest BCUT2D eigenvalue weighted by Crippen LogP contribution is 2.18. The second-order valence-electron chi connectivity index (χ2n) is 6.20. The summed E-state index contributed by atoms with van der Waals surface area (Å²) in [6.45, 7) is 5.93. The molecule has 2 rings (SSSR count). The number of benzene rings is 1. The number of carboxylic acid groups (broad SMARTS) is 1. The Balaban J connectivity index is 2.17. The summed E-state index contributed by atoms with van der Waals surface area (Å²) in [4.78, 5) is 28.1. The molecule has 0 aliphatic rings. The molecule has 0 spiro atoms. The fraction of sp³-hybridized carbons (Fsp3) is 0.389. The number of hydrogen-bond donors (Lipinski definition) is 2. The lowest BCUT2D eigenvalue weighted by Gasteiger charge is -2.15. The van der Waals surface area contributed by atoms with Crippen molar-refractivity contribution in [2.24, 2.45) is 11.8 Å². The highest BCUT2D eigenvalue weighted by atomic mass is 16.4. The van der Waals surface area contributed by atoms with Crippen LogP contribution in [0, 0.1) is 18.8 Å². The van der Waals surface area contributed by atoms with Crippen LogP contribution < -0.4 is 5.32 Å². The second kappa shape index (κ2) is 7.22. The van der Waals surface area contributed by atoms with Gasteiger partial charge in [-0.15, -0.1) is 0 Å². The van der Waals surface area contributed by atoms with Gasteiger partial charge in [-0.3, -0.25) is 14.6 Å². The van der Waals surface area contributed by atoms with E-state index in [0.717, 1.165) is 11.1 Å². The van der Waals surface area contributed by atoms with Crippen molar-refractivity contribution < 1.29 is 14.7 Å². The lowest BCUT2D eigenvalue weighted by molar-refractivity contribution is -0.142. The second-order valence-corrected chi connectivity index (χ2v) is 6.20. The molecule has 1 aromatic carbocycles. The molecule has 0 fully saturated rings. The van der Waals surface area contributed by atoms with Gasteiger partial charge >= 0.3 is 5.97 Å². The SMILES string of the molecule is Cc1ccc2cccc(C(=O)NCC(CC(C)C)C(=O)O)c2n1. The van der Waals surface area contributed by atoms with Crippen molar-refractivity contribution in [3.05, 3.63) is 41.6 Å². The van der Waals surface area contributed by atoms with E-state index in [1.807, 2.05) is 39.0 Å². The van der Waals surface area contributed by atoms with Crippen LogP contribution in [0.5, 0.6) is 0 Å². The zero-order valence-electron chi connectivity index (χ0n) is 13.7. The van der Waals surface area contributed by atoms with Gasteiger partial charge in [0.2, 0.25) is 0 Å². The first-order chi connectivity index (χ1) is 10.9. The summed E-state index contributed by atoms with van der Waals surface area (Å²) in [5.74, 6) is -1.49. The van der Waals surface area contributed by atoms with Crippen LogP contribution >= 0.6 is 0 Å². The standard InChI is InChI=1S/C18H22N2O3/c1-11(2)9-14(18(22)23)10-19-17(21)15-6-4-5-13-8-7-12(3)20-16(13)15/h4-8,11,14H,9-10H2,1-3H3,(H,19,21)(H,22,23). The van der Waals surface area contributed by atoms with Gasteiger partial charge in [0.15, 0.2) is 0 Å². The number of nitrogens with zero attached hydrogens (tertiary/aromatic N) is 1. The van der Waals surface area contributed by atoms with Crippen molar-refractivity contribution >= 4 is 22.8 Å².